The Labute approximate surface area is 143 Å². The van der Waals surface area contributed by atoms with Gasteiger partial charge >= 0.3 is 5.97 Å². The Balaban J connectivity index is 1.88. The van der Waals surface area contributed by atoms with Crippen LogP contribution in [-0.4, -0.2) is 23.0 Å². The molecular weight excluding hydrogens is 332 g/mol. The van der Waals surface area contributed by atoms with Crippen LogP contribution in [0, 0.1) is 0 Å². The third kappa shape index (κ3) is 3.12. The summed E-state index contributed by atoms with van der Waals surface area (Å²) in [7, 11) is 0. The van der Waals surface area contributed by atoms with Crippen molar-refractivity contribution < 1.29 is 24.2 Å². The normalized spacial score (nSPS) is 15.8. The summed E-state index contributed by atoms with van der Waals surface area (Å²) < 4.78 is 10.9. The van der Waals surface area contributed by atoms with E-state index < -0.39 is 12.1 Å². The third-order valence-corrected chi connectivity index (χ3v) is 3.84. The van der Waals surface area contributed by atoms with Gasteiger partial charge in [0.2, 0.25) is 5.78 Å². The van der Waals surface area contributed by atoms with Gasteiger partial charge in [-0.05, 0) is 36.8 Å². The number of carbonyl (C=O) groups is 2. The Bertz CT molecular complexity index is 856. The van der Waals surface area contributed by atoms with Crippen molar-refractivity contribution in [2.45, 2.75) is 13.0 Å². The quantitative estimate of drug-likeness (QED) is 0.854. The van der Waals surface area contributed by atoms with Gasteiger partial charge in [-0.15, -0.1) is 0 Å². The topological polar surface area (TPSA) is 72.8 Å². The maximum atomic E-state index is 12.4. The number of carboxylic acids is 1. The molecule has 3 rings (SSSR count). The van der Waals surface area contributed by atoms with Gasteiger partial charge in [0, 0.05) is 11.1 Å². The number of halogens is 1. The van der Waals surface area contributed by atoms with Gasteiger partial charge in [0.05, 0.1) is 5.56 Å². The van der Waals surface area contributed by atoms with Gasteiger partial charge in [-0.3, -0.25) is 4.79 Å². The molecule has 5 nitrogen and oxygen atoms in total. The predicted molar refractivity (Wildman–Crippen MR) is 88.6 cm³/mol. The summed E-state index contributed by atoms with van der Waals surface area (Å²) in [5.41, 5.74) is 1.06. The number of rotatable bonds is 4. The van der Waals surface area contributed by atoms with Crippen LogP contribution in [0.5, 0.6) is 11.5 Å². The fourth-order valence-corrected chi connectivity index (χ4v) is 2.42. The van der Waals surface area contributed by atoms with Crippen molar-refractivity contribution >= 4 is 29.4 Å². The van der Waals surface area contributed by atoms with Crippen LogP contribution in [0.4, 0.5) is 0 Å². The highest BCUT2D eigenvalue weighted by molar-refractivity contribution is 6.32. The predicted octanol–water partition coefficient (Wildman–Crippen LogP) is 3.81. The summed E-state index contributed by atoms with van der Waals surface area (Å²) in [6.45, 7) is 1.42. The van der Waals surface area contributed by atoms with Crippen LogP contribution in [0.2, 0.25) is 5.02 Å². The first-order chi connectivity index (χ1) is 11.5. The fourth-order valence-electron chi connectivity index (χ4n) is 2.23. The van der Waals surface area contributed by atoms with Crippen molar-refractivity contribution in [2.75, 3.05) is 0 Å². The molecule has 1 N–H and O–H groups in total. The average Bonchev–Trinajstić information content (AvgIpc) is 2.85. The monoisotopic (exact) mass is 344 g/mol. The zero-order valence-electron chi connectivity index (χ0n) is 12.7. The Kier molecular flexibility index (Phi) is 4.27. The molecule has 1 heterocycles. The smallest absolute Gasteiger partial charge is 0.344 e. The van der Waals surface area contributed by atoms with Crippen molar-refractivity contribution in [1.82, 2.24) is 0 Å². The average molecular weight is 345 g/mol. The van der Waals surface area contributed by atoms with Gasteiger partial charge in [-0.2, -0.15) is 0 Å². The van der Waals surface area contributed by atoms with Crippen LogP contribution in [0.1, 0.15) is 22.8 Å². The summed E-state index contributed by atoms with van der Waals surface area (Å²) in [5, 5.41) is 9.39. The molecule has 0 unspecified atom stereocenters. The van der Waals surface area contributed by atoms with Crippen LogP contribution in [-0.2, 0) is 4.79 Å². The maximum Gasteiger partial charge on any atom is 0.344 e. The molecule has 1 atom stereocenters. The van der Waals surface area contributed by atoms with E-state index in [9.17, 15) is 9.59 Å². The van der Waals surface area contributed by atoms with E-state index >= 15 is 0 Å². The molecule has 0 aromatic heterocycles. The zero-order chi connectivity index (χ0) is 17.3. The largest absolute Gasteiger partial charge is 0.479 e. The van der Waals surface area contributed by atoms with Crippen LogP contribution in [0.3, 0.4) is 0 Å². The van der Waals surface area contributed by atoms with Gasteiger partial charge in [0.1, 0.15) is 11.5 Å². The first-order valence-electron chi connectivity index (χ1n) is 7.18. The van der Waals surface area contributed by atoms with Crippen LogP contribution >= 0.6 is 11.6 Å². The minimum absolute atomic E-state index is 0.154. The van der Waals surface area contributed by atoms with E-state index in [-0.39, 0.29) is 11.5 Å². The van der Waals surface area contributed by atoms with Gasteiger partial charge in [-0.25, -0.2) is 4.79 Å². The molecule has 6 heteroatoms. The molecule has 0 spiro atoms. The van der Waals surface area contributed by atoms with Crippen LogP contribution < -0.4 is 9.47 Å². The van der Waals surface area contributed by atoms with Crippen molar-refractivity contribution in [3.63, 3.8) is 0 Å². The van der Waals surface area contributed by atoms with Gasteiger partial charge in [-0.1, -0.05) is 29.8 Å². The Hall–Kier alpha value is -2.79. The molecule has 1 aliphatic heterocycles. The number of carbonyl (C=O) groups excluding carboxylic acids is 1. The van der Waals surface area contributed by atoms with Gasteiger partial charge in [0.25, 0.3) is 0 Å². The summed E-state index contributed by atoms with van der Waals surface area (Å²) in [6, 6.07) is 11.7. The number of Topliss-reactive ketones (excluding diaryl/α,β-unsaturated/α-hetero) is 1. The first-order valence-corrected chi connectivity index (χ1v) is 7.56. The van der Waals surface area contributed by atoms with E-state index in [1.165, 1.54) is 19.1 Å². The Morgan fingerprint density at radius 3 is 2.75 bits per heavy atom. The number of fused-ring (bicyclic) bond motifs is 1. The molecule has 0 saturated carbocycles. The highest BCUT2D eigenvalue weighted by atomic mass is 35.5. The lowest BCUT2D eigenvalue weighted by Crippen LogP contribution is -2.22. The molecule has 0 aliphatic carbocycles. The minimum Gasteiger partial charge on any atom is -0.479 e. The Morgan fingerprint density at radius 2 is 2.04 bits per heavy atom. The summed E-state index contributed by atoms with van der Waals surface area (Å²) >= 11 is 6.09. The van der Waals surface area contributed by atoms with E-state index in [0.29, 0.717) is 27.6 Å². The number of carboxylic acid groups (broad SMARTS) is 1. The van der Waals surface area contributed by atoms with E-state index in [1.807, 2.05) is 6.07 Å². The fraction of sp³-hybridized carbons (Fsp3) is 0.111. The van der Waals surface area contributed by atoms with Crippen LogP contribution in [0.15, 0.2) is 48.2 Å². The number of aliphatic carboxylic acids is 1. The summed E-state index contributed by atoms with van der Waals surface area (Å²) in [4.78, 5) is 23.2. The highest BCUT2D eigenvalue weighted by Gasteiger charge is 2.28. The number of hydrogen-bond donors (Lipinski definition) is 1. The molecule has 2 aromatic rings. The van der Waals surface area contributed by atoms with E-state index in [0.717, 1.165) is 0 Å². The zero-order valence-corrected chi connectivity index (χ0v) is 13.4. The SMILES string of the molecule is C[C@H](Oc1ccc2c(c1)OC(=Cc1ccccc1Cl)C2=O)C(=O)O. The van der Waals surface area contributed by atoms with E-state index in [2.05, 4.69) is 0 Å². The van der Waals surface area contributed by atoms with Crippen molar-refractivity contribution in [1.29, 1.82) is 0 Å². The molecule has 24 heavy (non-hydrogen) atoms. The maximum absolute atomic E-state index is 12.4. The number of ether oxygens (including phenoxy) is 2. The van der Waals surface area contributed by atoms with E-state index in [1.54, 1.807) is 30.3 Å². The second-order valence-electron chi connectivity index (χ2n) is 5.22. The molecule has 0 bridgehead atoms. The highest BCUT2D eigenvalue weighted by Crippen LogP contribution is 2.35. The summed E-state index contributed by atoms with van der Waals surface area (Å²) in [6.07, 6.45) is 0.573. The molecule has 0 saturated heterocycles. The molecule has 2 aromatic carbocycles. The lowest BCUT2D eigenvalue weighted by atomic mass is 10.1. The van der Waals surface area contributed by atoms with E-state index in [4.69, 9.17) is 26.2 Å². The molecular formula is C18H13ClO5. The van der Waals surface area contributed by atoms with Gasteiger partial charge in [0.15, 0.2) is 11.9 Å². The number of hydrogen-bond acceptors (Lipinski definition) is 4. The minimum atomic E-state index is -1.08. The number of benzene rings is 2. The molecule has 0 fully saturated rings. The van der Waals surface area contributed by atoms with Gasteiger partial charge < -0.3 is 14.6 Å². The first kappa shape index (κ1) is 16.1. The lowest BCUT2D eigenvalue weighted by Gasteiger charge is -2.10. The standard InChI is InChI=1S/C18H13ClO5/c1-10(18(21)22)23-12-6-7-13-15(9-12)24-16(17(13)20)8-11-4-2-3-5-14(11)19/h2-10H,1H3,(H,21,22)/t10-/m0/s1. The molecule has 0 amide bonds. The van der Waals surface area contributed by atoms with Crippen LogP contribution in [0.25, 0.3) is 6.08 Å². The second-order valence-corrected chi connectivity index (χ2v) is 5.62. The summed E-state index contributed by atoms with van der Waals surface area (Å²) in [5.74, 6) is -0.542. The molecule has 1 aliphatic rings. The van der Waals surface area contributed by atoms with Crippen molar-refractivity contribution in [2.24, 2.45) is 0 Å². The second kappa shape index (κ2) is 6.37. The van der Waals surface area contributed by atoms with Crippen molar-refractivity contribution in [3.05, 3.63) is 64.4 Å². The number of ketones is 1. The Morgan fingerprint density at radius 1 is 1.29 bits per heavy atom. The number of allylic oxidation sites excluding steroid dienone is 1. The third-order valence-electron chi connectivity index (χ3n) is 3.49. The molecule has 0 radical (unpaired) electrons. The lowest BCUT2D eigenvalue weighted by molar-refractivity contribution is -0.144. The van der Waals surface area contributed by atoms with Crippen molar-refractivity contribution in [3.8, 4) is 11.5 Å². The molecule has 122 valence electrons.